The zero-order valence-electron chi connectivity index (χ0n) is 16.7. The molecule has 0 spiro atoms. The van der Waals surface area contributed by atoms with Crippen LogP contribution in [-0.2, 0) is 16.1 Å². The molecule has 150 valence electrons. The van der Waals surface area contributed by atoms with Crippen molar-refractivity contribution < 1.29 is 23.8 Å². The Balaban J connectivity index is 1.89. The number of para-hydroxylation sites is 2. The average molecular weight is 385 g/mol. The molecule has 0 saturated heterocycles. The summed E-state index contributed by atoms with van der Waals surface area (Å²) in [7, 11) is 0. The minimum atomic E-state index is -0.594. The summed E-state index contributed by atoms with van der Waals surface area (Å²) < 4.78 is 16.4. The van der Waals surface area contributed by atoms with Gasteiger partial charge >= 0.3 is 12.1 Å². The van der Waals surface area contributed by atoms with Crippen LogP contribution in [-0.4, -0.2) is 24.2 Å². The van der Waals surface area contributed by atoms with E-state index in [1.54, 1.807) is 45.9 Å². The topological polar surface area (TPSA) is 73.9 Å². The number of hydrogen-bond acceptors (Lipinski definition) is 5. The predicted octanol–water partition coefficient (Wildman–Crippen LogP) is 4.33. The van der Waals surface area contributed by atoms with Gasteiger partial charge in [-0.3, -0.25) is 4.79 Å². The number of carbonyl (C=O) groups excluding carboxylic acids is 2. The van der Waals surface area contributed by atoms with Gasteiger partial charge in [-0.25, -0.2) is 4.79 Å². The summed E-state index contributed by atoms with van der Waals surface area (Å²) in [4.78, 5) is 24.1. The van der Waals surface area contributed by atoms with Crippen LogP contribution in [0.2, 0.25) is 0 Å². The van der Waals surface area contributed by atoms with Gasteiger partial charge in [-0.1, -0.05) is 49.4 Å². The van der Waals surface area contributed by atoms with Gasteiger partial charge in [0.1, 0.15) is 12.2 Å². The second kappa shape index (κ2) is 9.78. The highest BCUT2D eigenvalue weighted by molar-refractivity contribution is 5.76. The second-order valence-electron chi connectivity index (χ2n) is 7.43. The van der Waals surface area contributed by atoms with Gasteiger partial charge in [0.15, 0.2) is 11.5 Å². The lowest BCUT2D eigenvalue weighted by molar-refractivity contribution is -0.138. The maximum Gasteiger partial charge on any atom is 0.407 e. The maximum atomic E-state index is 12.4. The first-order valence-electron chi connectivity index (χ1n) is 9.19. The molecule has 0 fully saturated rings. The fourth-order valence-corrected chi connectivity index (χ4v) is 2.23. The summed E-state index contributed by atoms with van der Waals surface area (Å²) in [5.74, 6) is -0.193. The van der Waals surface area contributed by atoms with Crippen LogP contribution in [0.5, 0.6) is 11.5 Å². The first-order chi connectivity index (χ1) is 13.2. The van der Waals surface area contributed by atoms with E-state index < -0.39 is 23.6 Å². The Hall–Kier alpha value is -3.02. The van der Waals surface area contributed by atoms with Crippen molar-refractivity contribution in [3.05, 3.63) is 60.2 Å². The average Bonchev–Trinajstić information content (AvgIpc) is 2.65. The lowest BCUT2D eigenvalue weighted by atomic mass is 10.2. The largest absolute Gasteiger partial charge is 0.485 e. The van der Waals surface area contributed by atoms with Crippen LogP contribution >= 0.6 is 0 Å². The molecule has 0 radical (unpaired) electrons. The predicted molar refractivity (Wildman–Crippen MR) is 106 cm³/mol. The Morgan fingerprint density at radius 2 is 1.57 bits per heavy atom. The Morgan fingerprint density at radius 3 is 2.21 bits per heavy atom. The normalized spacial score (nSPS) is 12.0. The number of ether oxygens (including phenoxy) is 3. The fraction of sp³-hybridized carbons (Fsp3) is 0.364. The number of esters is 1. The molecule has 28 heavy (non-hydrogen) atoms. The number of rotatable bonds is 7. The molecule has 0 heterocycles. The molecule has 0 unspecified atom stereocenters. The fourth-order valence-electron chi connectivity index (χ4n) is 2.23. The van der Waals surface area contributed by atoms with E-state index in [1.807, 2.05) is 36.4 Å². The summed E-state index contributed by atoms with van der Waals surface area (Å²) in [6.07, 6.45) is -0.571. The number of benzene rings is 2. The van der Waals surface area contributed by atoms with E-state index in [-0.39, 0.29) is 6.54 Å². The van der Waals surface area contributed by atoms with Gasteiger partial charge in [0.25, 0.3) is 0 Å². The van der Waals surface area contributed by atoms with Gasteiger partial charge in [0, 0.05) is 6.54 Å². The maximum absolute atomic E-state index is 12.4. The highest BCUT2D eigenvalue weighted by Gasteiger charge is 2.21. The molecule has 2 rings (SSSR count). The molecule has 0 aliphatic heterocycles. The van der Waals surface area contributed by atoms with E-state index in [0.717, 1.165) is 5.56 Å². The van der Waals surface area contributed by atoms with Crippen LogP contribution in [0.1, 0.15) is 33.3 Å². The Kier molecular flexibility index (Phi) is 7.44. The highest BCUT2D eigenvalue weighted by Crippen LogP contribution is 2.28. The molecule has 0 aliphatic carbocycles. The summed E-state index contributed by atoms with van der Waals surface area (Å²) in [6.45, 7) is 7.48. The van der Waals surface area contributed by atoms with Gasteiger partial charge in [-0.15, -0.1) is 0 Å². The monoisotopic (exact) mass is 385 g/mol. The Morgan fingerprint density at radius 1 is 0.964 bits per heavy atom. The van der Waals surface area contributed by atoms with Gasteiger partial charge in [-0.05, 0) is 38.5 Å². The van der Waals surface area contributed by atoms with E-state index in [1.165, 1.54) is 0 Å². The minimum Gasteiger partial charge on any atom is -0.485 e. The number of amides is 1. The zero-order valence-corrected chi connectivity index (χ0v) is 16.7. The molecule has 1 N–H and O–H groups in total. The molecule has 0 aromatic heterocycles. The van der Waals surface area contributed by atoms with Crippen LogP contribution in [0.25, 0.3) is 0 Å². The molecule has 2 aromatic carbocycles. The van der Waals surface area contributed by atoms with Crippen molar-refractivity contribution in [1.29, 1.82) is 0 Å². The van der Waals surface area contributed by atoms with Gasteiger partial charge in [0.2, 0.25) is 0 Å². The lowest BCUT2D eigenvalue weighted by Crippen LogP contribution is -2.37. The molecule has 6 heteroatoms. The van der Waals surface area contributed by atoms with Crippen LogP contribution in [0, 0.1) is 5.92 Å². The van der Waals surface area contributed by atoms with E-state index in [0.29, 0.717) is 18.1 Å². The number of nitrogens with one attached hydrogen (secondary N) is 1. The van der Waals surface area contributed by atoms with E-state index >= 15 is 0 Å². The molecule has 0 saturated carbocycles. The van der Waals surface area contributed by atoms with Crippen molar-refractivity contribution in [3.63, 3.8) is 0 Å². The quantitative estimate of drug-likeness (QED) is 0.567. The number of alkyl carbamates (subject to hydrolysis) is 1. The van der Waals surface area contributed by atoms with Crippen molar-refractivity contribution >= 4 is 12.1 Å². The molecule has 1 amide bonds. The minimum absolute atomic E-state index is 0.112. The SMILES string of the molecule is C[C@@H](CNC(=O)OC(C)(C)C)C(=O)Oc1ccccc1OCc1ccccc1. The van der Waals surface area contributed by atoms with Crippen molar-refractivity contribution in [2.24, 2.45) is 5.92 Å². The molecular weight excluding hydrogens is 358 g/mol. The first kappa shape index (κ1) is 21.3. The van der Waals surface area contributed by atoms with Gasteiger partial charge in [-0.2, -0.15) is 0 Å². The van der Waals surface area contributed by atoms with Gasteiger partial charge < -0.3 is 19.5 Å². The van der Waals surface area contributed by atoms with E-state index in [9.17, 15) is 9.59 Å². The standard InChI is InChI=1S/C22H27NO5/c1-16(14-23-21(25)28-22(2,3)4)20(24)27-19-13-9-8-12-18(19)26-15-17-10-6-5-7-11-17/h5-13,16H,14-15H2,1-4H3,(H,23,25)/t16-/m0/s1. The molecule has 0 bridgehead atoms. The van der Waals surface area contributed by atoms with Crippen LogP contribution in [0.3, 0.4) is 0 Å². The summed E-state index contributed by atoms with van der Waals surface area (Å²) >= 11 is 0. The molecule has 1 atom stereocenters. The van der Waals surface area contributed by atoms with Crippen molar-refractivity contribution in [2.45, 2.75) is 39.9 Å². The summed E-state index contributed by atoms with van der Waals surface area (Å²) in [5, 5.41) is 2.57. The van der Waals surface area contributed by atoms with E-state index in [2.05, 4.69) is 5.32 Å². The second-order valence-corrected chi connectivity index (χ2v) is 7.43. The van der Waals surface area contributed by atoms with Gasteiger partial charge in [0.05, 0.1) is 5.92 Å². The number of carbonyl (C=O) groups is 2. The molecule has 6 nitrogen and oxygen atoms in total. The van der Waals surface area contributed by atoms with Crippen molar-refractivity contribution in [2.75, 3.05) is 6.54 Å². The van der Waals surface area contributed by atoms with Crippen LogP contribution in [0.15, 0.2) is 54.6 Å². The smallest absolute Gasteiger partial charge is 0.407 e. The van der Waals surface area contributed by atoms with Crippen molar-refractivity contribution in [3.8, 4) is 11.5 Å². The lowest BCUT2D eigenvalue weighted by Gasteiger charge is -2.20. The molecular formula is C22H27NO5. The third-order valence-electron chi connectivity index (χ3n) is 3.65. The Labute approximate surface area is 165 Å². The third kappa shape index (κ3) is 7.31. The Bertz CT molecular complexity index is 783. The zero-order chi connectivity index (χ0) is 20.6. The third-order valence-corrected chi connectivity index (χ3v) is 3.65. The van der Waals surface area contributed by atoms with Crippen LogP contribution < -0.4 is 14.8 Å². The summed E-state index contributed by atoms with van der Waals surface area (Å²) in [5.41, 5.74) is 0.418. The molecule has 0 aliphatic rings. The summed E-state index contributed by atoms with van der Waals surface area (Å²) in [6, 6.07) is 16.7. The molecule has 2 aromatic rings. The van der Waals surface area contributed by atoms with Crippen molar-refractivity contribution in [1.82, 2.24) is 5.32 Å². The first-order valence-corrected chi connectivity index (χ1v) is 9.19. The van der Waals surface area contributed by atoms with E-state index in [4.69, 9.17) is 14.2 Å². The highest BCUT2D eigenvalue weighted by atomic mass is 16.6. The van der Waals surface area contributed by atoms with Crippen LogP contribution in [0.4, 0.5) is 4.79 Å². The number of hydrogen-bond donors (Lipinski definition) is 1.